The van der Waals surface area contributed by atoms with Crippen LogP contribution in [0.25, 0.3) is 0 Å². The van der Waals surface area contributed by atoms with Gasteiger partial charge in [0.15, 0.2) is 5.96 Å². The average molecular weight is 993 g/mol. The van der Waals surface area contributed by atoms with Gasteiger partial charge in [-0.1, -0.05) is 116 Å². The van der Waals surface area contributed by atoms with Gasteiger partial charge in [-0.2, -0.15) is 4.99 Å². The highest BCUT2D eigenvalue weighted by atomic mass is 16.5. The van der Waals surface area contributed by atoms with E-state index >= 15 is 0 Å². The lowest BCUT2D eigenvalue weighted by Crippen LogP contribution is -2.28. The fourth-order valence-corrected chi connectivity index (χ4v) is 7.81. The van der Waals surface area contributed by atoms with E-state index in [0.717, 1.165) is 96.3 Å². The third kappa shape index (κ3) is 32.5. The highest BCUT2D eigenvalue weighted by Gasteiger charge is 2.34. The Hall–Kier alpha value is -5.44. The minimum absolute atomic E-state index is 0.00667. The summed E-state index contributed by atoms with van der Waals surface area (Å²) in [6, 6.07) is 0. The molecule has 0 saturated heterocycles. The van der Waals surface area contributed by atoms with Crippen molar-refractivity contribution >= 4 is 23.5 Å². The summed E-state index contributed by atoms with van der Waals surface area (Å²) in [5, 5.41) is 7.05. The number of rotatable bonds is 31. The monoisotopic (exact) mass is 992 g/mol. The van der Waals surface area contributed by atoms with Crippen LogP contribution in [0.3, 0.4) is 0 Å². The highest BCUT2D eigenvalue weighted by Crippen LogP contribution is 2.28. The lowest BCUT2D eigenvalue weighted by Gasteiger charge is -2.19. The Kier molecular flexibility index (Phi) is 36.2. The Labute approximate surface area is 440 Å². The highest BCUT2D eigenvalue weighted by molar-refractivity contribution is 6.23. The first-order valence-electron chi connectivity index (χ1n) is 26.5. The maximum Gasteiger partial charge on any atom is 0.228 e. The molecule has 0 amide bonds. The number of ketones is 2. The van der Waals surface area contributed by atoms with Crippen molar-refractivity contribution < 1.29 is 19.1 Å². The quantitative estimate of drug-likeness (QED) is 0.0271. The number of nitrogens with two attached hydrogens (primary N) is 2. The molecule has 5 N–H and O–H groups in total. The zero-order valence-corrected chi connectivity index (χ0v) is 48.4. The summed E-state index contributed by atoms with van der Waals surface area (Å²) in [7, 11) is 6.16. The summed E-state index contributed by atoms with van der Waals surface area (Å²) >= 11 is 0. The van der Waals surface area contributed by atoms with Crippen molar-refractivity contribution in [3.05, 3.63) is 139 Å². The van der Waals surface area contributed by atoms with Gasteiger partial charge in [-0.3, -0.25) is 15.0 Å². The molecule has 9 nitrogen and oxygen atoms in total. The van der Waals surface area contributed by atoms with E-state index in [1.54, 1.807) is 21.0 Å². The van der Waals surface area contributed by atoms with Crippen molar-refractivity contribution in [2.24, 2.45) is 16.5 Å². The second-order valence-corrected chi connectivity index (χ2v) is 20.4. The number of Topliss-reactive ketones (excluding diaryl/α,β-unsaturated/α-hetero) is 2. The van der Waals surface area contributed by atoms with Gasteiger partial charge in [0.25, 0.3) is 0 Å². The van der Waals surface area contributed by atoms with Gasteiger partial charge in [0.2, 0.25) is 29.0 Å². The van der Waals surface area contributed by atoms with Crippen LogP contribution in [0.5, 0.6) is 0 Å². The van der Waals surface area contributed by atoms with E-state index in [9.17, 15) is 9.59 Å². The number of allylic oxidation sites excluding steroid dienone is 22. The van der Waals surface area contributed by atoms with Gasteiger partial charge in [-0.05, 0) is 205 Å². The van der Waals surface area contributed by atoms with Crippen LogP contribution in [0.15, 0.2) is 144 Å². The Balaban J connectivity index is 0.00000506. The van der Waals surface area contributed by atoms with E-state index in [1.807, 2.05) is 0 Å². The molecule has 0 fully saturated rings. The van der Waals surface area contributed by atoms with E-state index in [4.69, 9.17) is 26.4 Å². The molecule has 72 heavy (non-hydrogen) atoms. The summed E-state index contributed by atoms with van der Waals surface area (Å²) in [6.07, 6.45) is 44.3. The van der Waals surface area contributed by atoms with Crippen LogP contribution in [0.1, 0.15) is 205 Å². The molecule has 0 saturated carbocycles. The Morgan fingerprint density at radius 1 is 0.458 bits per heavy atom. The summed E-state index contributed by atoms with van der Waals surface area (Å²) in [5.74, 6) is -0.610. The number of nitrogens with zero attached hydrogens (tertiary/aromatic N) is 2. The van der Waals surface area contributed by atoms with E-state index in [-0.39, 0.29) is 35.0 Å². The molecule has 0 heterocycles. The first kappa shape index (κ1) is 66.6. The number of nitrogens with one attached hydrogen (secondary N) is 1. The first-order chi connectivity index (χ1) is 34.0. The van der Waals surface area contributed by atoms with Crippen LogP contribution in [0.2, 0.25) is 0 Å². The summed E-state index contributed by atoms with van der Waals surface area (Å²) in [5.41, 5.74) is 25.5. The molecular formula is C63H101N5O4. The SMILES string of the molecule is CN(C)C(=N)N=C(N)N.COC1=C(OC)C(=O)C(C/C=C(\C)CC/C=C(\C)CC/C=C(\C)CC/C=C(\C)CC/C=C(\C)CC/C=C(\C)CC/C=C(\C)CC/C=C(\C)CC/C=C(\C)CCC=C(C)C)=C(C)C1=O. The van der Waals surface area contributed by atoms with Crippen LogP contribution in [0.4, 0.5) is 0 Å². The van der Waals surface area contributed by atoms with Crippen molar-refractivity contribution in [3.8, 4) is 0 Å². The molecule has 0 aromatic rings. The fraction of sp³-hybridized carbons (Fsp3) is 0.556. The average Bonchev–Trinajstić information content (AvgIpc) is 3.29. The molecule has 0 spiro atoms. The van der Waals surface area contributed by atoms with Gasteiger partial charge >= 0.3 is 0 Å². The van der Waals surface area contributed by atoms with Gasteiger partial charge in [0, 0.05) is 25.2 Å². The second-order valence-electron chi connectivity index (χ2n) is 20.4. The minimum atomic E-state index is -0.284. The normalized spacial score (nSPS) is 14.9. The van der Waals surface area contributed by atoms with Crippen molar-refractivity contribution in [1.29, 1.82) is 5.41 Å². The molecule has 0 aromatic carbocycles. The standard InChI is InChI=1S/C59H90O4.C4H11N5/c1-44(2)24-15-25-45(3)26-16-27-46(4)28-17-29-47(5)30-18-31-48(6)32-19-33-49(7)34-20-35-50(8)36-21-37-51(9)38-22-39-52(10)40-23-41-53(11)42-43-55-54(12)56(60)58(62-13)59(63-14)57(55)61;1-9(2)4(7)8-3(5)6/h24,26,28,30,32,34,36,38,40,42H,15-23,25,27,29,31,33,35,37,39,41,43H2,1-14H3;1-2H3,(H5,5,6,7,8)/b45-26+,46-28+,47-30+,48-32+,49-34+,50-36+,51-38+,52-40+,53-42+;. The number of methoxy groups -OCH3 is 2. The topological polar surface area (TPSA) is 144 Å². The molecule has 0 radical (unpaired) electrons. The van der Waals surface area contributed by atoms with E-state index in [1.165, 1.54) is 94.1 Å². The van der Waals surface area contributed by atoms with E-state index < -0.39 is 0 Å². The molecule has 1 aliphatic rings. The summed E-state index contributed by atoms with van der Waals surface area (Å²) < 4.78 is 10.3. The van der Waals surface area contributed by atoms with Crippen molar-refractivity contribution in [2.45, 2.75) is 205 Å². The molecule has 0 bridgehead atoms. The minimum Gasteiger partial charge on any atom is -0.489 e. The van der Waals surface area contributed by atoms with Crippen LogP contribution in [-0.4, -0.2) is 56.7 Å². The van der Waals surface area contributed by atoms with Crippen LogP contribution >= 0.6 is 0 Å². The van der Waals surface area contributed by atoms with E-state index in [0.29, 0.717) is 17.6 Å². The van der Waals surface area contributed by atoms with E-state index in [2.05, 4.69) is 142 Å². The third-order valence-electron chi connectivity index (χ3n) is 12.8. The smallest absolute Gasteiger partial charge is 0.228 e. The number of carbonyl (C=O) groups is 2. The van der Waals surface area contributed by atoms with Gasteiger partial charge in [-0.25, -0.2) is 0 Å². The Morgan fingerprint density at radius 3 is 0.931 bits per heavy atom. The fourth-order valence-electron chi connectivity index (χ4n) is 7.81. The number of hydrogen-bond acceptors (Lipinski definition) is 5. The van der Waals surface area contributed by atoms with Gasteiger partial charge < -0.3 is 25.8 Å². The molecule has 402 valence electrons. The van der Waals surface area contributed by atoms with Gasteiger partial charge in [0.1, 0.15) is 0 Å². The molecular weight excluding hydrogens is 891 g/mol. The van der Waals surface area contributed by atoms with Crippen molar-refractivity contribution in [3.63, 3.8) is 0 Å². The maximum absolute atomic E-state index is 12.9. The maximum atomic E-state index is 12.9. The number of guanidine groups is 2. The molecule has 0 aliphatic heterocycles. The Morgan fingerprint density at radius 2 is 0.708 bits per heavy atom. The zero-order valence-electron chi connectivity index (χ0n) is 48.4. The lowest BCUT2D eigenvalue weighted by molar-refractivity contribution is -0.121. The van der Waals surface area contributed by atoms with Crippen LogP contribution < -0.4 is 11.5 Å². The predicted molar refractivity (Wildman–Crippen MR) is 312 cm³/mol. The largest absolute Gasteiger partial charge is 0.489 e. The van der Waals surface area contributed by atoms with Gasteiger partial charge in [-0.15, -0.1) is 0 Å². The Bertz CT molecular complexity index is 2150. The third-order valence-corrected chi connectivity index (χ3v) is 12.8. The van der Waals surface area contributed by atoms with Gasteiger partial charge in [0.05, 0.1) is 14.2 Å². The number of hydrogen-bond donors (Lipinski definition) is 3. The summed E-state index contributed by atoms with van der Waals surface area (Å²) in [4.78, 5) is 30.5. The lowest BCUT2D eigenvalue weighted by atomic mass is 9.90. The molecule has 1 rings (SSSR count). The van der Waals surface area contributed by atoms with Crippen LogP contribution in [0, 0.1) is 5.41 Å². The van der Waals surface area contributed by atoms with Crippen LogP contribution in [-0.2, 0) is 19.1 Å². The second kappa shape index (κ2) is 39.1. The molecule has 1 aliphatic carbocycles. The number of aliphatic imine (C=N–C) groups is 1. The summed E-state index contributed by atoms with van der Waals surface area (Å²) in [6.45, 7) is 26.3. The number of carbonyl (C=O) groups excluding carboxylic acids is 2. The molecule has 9 heteroatoms. The zero-order chi connectivity index (χ0) is 54.6. The molecule has 0 aromatic heterocycles. The van der Waals surface area contributed by atoms with Crippen molar-refractivity contribution in [1.82, 2.24) is 4.90 Å². The first-order valence-corrected chi connectivity index (χ1v) is 26.5. The molecule has 0 unspecified atom stereocenters. The molecule has 0 atom stereocenters. The predicted octanol–water partition coefficient (Wildman–Crippen LogP) is 16.6. The van der Waals surface area contributed by atoms with Crippen molar-refractivity contribution in [2.75, 3.05) is 28.3 Å². The number of ether oxygens (including phenoxy) is 2.